The molecule has 106 valence electrons. The zero-order valence-electron chi connectivity index (χ0n) is 11.8. The standard InChI is InChI=1S/C16H24FNO/c1-12(2)18(11-13-6-7-13)9-8-16(19)14-4-3-5-15(17)10-14/h3-5,10,12-13,16,19H,6-9,11H2,1-2H3. The summed E-state index contributed by atoms with van der Waals surface area (Å²) in [7, 11) is 0. The Balaban J connectivity index is 1.85. The molecule has 2 rings (SSSR count). The molecule has 1 aliphatic rings. The van der Waals surface area contributed by atoms with E-state index in [0.717, 1.165) is 19.0 Å². The fraction of sp³-hybridized carbons (Fsp3) is 0.625. The van der Waals surface area contributed by atoms with Gasteiger partial charge in [-0.25, -0.2) is 4.39 Å². The van der Waals surface area contributed by atoms with E-state index in [1.54, 1.807) is 12.1 Å². The lowest BCUT2D eigenvalue weighted by Gasteiger charge is -2.27. The van der Waals surface area contributed by atoms with Gasteiger partial charge in [0, 0.05) is 19.1 Å². The van der Waals surface area contributed by atoms with E-state index >= 15 is 0 Å². The fourth-order valence-corrected chi connectivity index (χ4v) is 2.36. The smallest absolute Gasteiger partial charge is 0.123 e. The Morgan fingerprint density at radius 2 is 2.11 bits per heavy atom. The molecule has 3 heteroatoms. The summed E-state index contributed by atoms with van der Waals surface area (Å²) < 4.78 is 13.1. The maximum atomic E-state index is 13.1. The van der Waals surface area contributed by atoms with Crippen LogP contribution in [-0.2, 0) is 0 Å². The fourth-order valence-electron chi connectivity index (χ4n) is 2.36. The lowest BCUT2D eigenvalue weighted by atomic mass is 10.1. The minimum atomic E-state index is -0.573. The van der Waals surface area contributed by atoms with Crippen LogP contribution in [0.25, 0.3) is 0 Å². The summed E-state index contributed by atoms with van der Waals surface area (Å²) in [6.45, 7) is 6.38. The molecule has 0 aliphatic heterocycles. The largest absolute Gasteiger partial charge is 0.388 e. The van der Waals surface area contributed by atoms with Gasteiger partial charge in [0.25, 0.3) is 0 Å². The SMILES string of the molecule is CC(C)N(CCC(O)c1cccc(F)c1)CC1CC1. The average molecular weight is 265 g/mol. The minimum absolute atomic E-state index is 0.282. The molecule has 1 N–H and O–H groups in total. The number of halogens is 1. The summed E-state index contributed by atoms with van der Waals surface area (Å²) in [6, 6.07) is 6.77. The summed E-state index contributed by atoms with van der Waals surface area (Å²) in [5.41, 5.74) is 0.676. The molecule has 0 heterocycles. The monoisotopic (exact) mass is 265 g/mol. The summed E-state index contributed by atoms with van der Waals surface area (Å²) in [5, 5.41) is 10.1. The third-order valence-corrected chi connectivity index (χ3v) is 3.84. The predicted octanol–water partition coefficient (Wildman–Crippen LogP) is 3.37. The molecule has 1 unspecified atom stereocenters. The maximum absolute atomic E-state index is 13.1. The Morgan fingerprint density at radius 3 is 2.68 bits per heavy atom. The Morgan fingerprint density at radius 1 is 1.37 bits per heavy atom. The Bertz CT molecular complexity index is 403. The van der Waals surface area contributed by atoms with E-state index in [1.807, 2.05) is 0 Å². The van der Waals surface area contributed by atoms with Gasteiger partial charge >= 0.3 is 0 Å². The van der Waals surface area contributed by atoms with Gasteiger partial charge in [-0.1, -0.05) is 12.1 Å². The quantitative estimate of drug-likeness (QED) is 0.817. The molecule has 2 nitrogen and oxygen atoms in total. The second kappa shape index (κ2) is 6.49. The van der Waals surface area contributed by atoms with Crippen LogP contribution in [0.15, 0.2) is 24.3 Å². The highest BCUT2D eigenvalue weighted by Gasteiger charge is 2.25. The van der Waals surface area contributed by atoms with Crippen molar-refractivity contribution in [2.45, 2.75) is 45.3 Å². The zero-order chi connectivity index (χ0) is 13.8. The van der Waals surface area contributed by atoms with E-state index in [1.165, 1.54) is 25.0 Å². The zero-order valence-corrected chi connectivity index (χ0v) is 11.8. The molecule has 19 heavy (non-hydrogen) atoms. The van der Waals surface area contributed by atoms with Crippen molar-refractivity contribution in [3.8, 4) is 0 Å². The average Bonchev–Trinajstić information content (AvgIpc) is 3.17. The molecule has 0 bridgehead atoms. The summed E-state index contributed by atoms with van der Waals surface area (Å²) in [4.78, 5) is 2.42. The minimum Gasteiger partial charge on any atom is -0.388 e. The molecule has 0 aromatic heterocycles. The molecular formula is C16H24FNO. The van der Waals surface area contributed by atoms with Crippen molar-refractivity contribution < 1.29 is 9.50 Å². The molecule has 0 spiro atoms. The molecule has 1 aromatic carbocycles. The van der Waals surface area contributed by atoms with Crippen LogP contribution in [0, 0.1) is 11.7 Å². The van der Waals surface area contributed by atoms with Gasteiger partial charge in [-0.05, 0) is 56.7 Å². The number of rotatable bonds is 7. The van der Waals surface area contributed by atoms with Crippen molar-refractivity contribution in [2.75, 3.05) is 13.1 Å². The second-order valence-electron chi connectivity index (χ2n) is 5.89. The van der Waals surface area contributed by atoms with Gasteiger partial charge in [0.1, 0.15) is 5.82 Å². The molecule has 1 fully saturated rings. The van der Waals surface area contributed by atoms with Gasteiger partial charge in [0.2, 0.25) is 0 Å². The summed E-state index contributed by atoms with van der Waals surface area (Å²) in [6.07, 6.45) is 2.77. The molecule has 0 amide bonds. The van der Waals surface area contributed by atoms with E-state index in [2.05, 4.69) is 18.7 Å². The number of aliphatic hydroxyl groups excluding tert-OH is 1. The highest BCUT2D eigenvalue weighted by molar-refractivity contribution is 5.18. The van der Waals surface area contributed by atoms with Crippen LogP contribution >= 0.6 is 0 Å². The third kappa shape index (κ3) is 4.59. The van der Waals surface area contributed by atoms with Gasteiger partial charge in [0.05, 0.1) is 6.10 Å². The highest BCUT2D eigenvalue weighted by atomic mass is 19.1. The van der Waals surface area contributed by atoms with E-state index in [-0.39, 0.29) is 5.82 Å². The molecule has 1 aromatic rings. The van der Waals surface area contributed by atoms with E-state index in [4.69, 9.17) is 0 Å². The maximum Gasteiger partial charge on any atom is 0.123 e. The highest BCUT2D eigenvalue weighted by Crippen LogP contribution is 2.30. The van der Waals surface area contributed by atoms with E-state index in [0.29, 0.717) is 18.0 Å². The lowest BCUT2D eigenvalue weighted by molar-refractivity contribution is 0.127. The first-order valence-electron chi connectivity index (χ1n) is 7.24. The first-order valence-corrected chi connectivity index (χ1v) is 7.24. The van der Waals surface area contributed by atoms with Gasteiger partial charge in [0.15, 0.2) is 0 Å². The molecular weight excluding hydrogens is 241 g/mol. The first kappa shape index (κ1) is 14.5. The second-order valence-corrected chi connectivity index (χ2v) is 5.89. The molecule has 1 atom stereocenters. The third-order valence-electron chi connectivity index (χ3n) is 3.84. The van der Waals surface area contributed by atoms with E-state index < -0.39 is 6.10 Å². The summed E-state index contributed by atoms with van der Waals surface area (Å²) >= 11 is 0. The van der Waals surface area contributed by atoms with Crippen molar-refractivity contribution in [3.63, 3.8) is 0 Å². The number of hydrogen-bond acceptors (Lipinski definition) is 2. The van der Waals surface area contributed by atoms with Gasteiger partial charge < -0.3 is 10.0 Å². The van der Waals surface area contributed by atoms with Crippen LogP contribution in [0.2, 0.25) is 0 Å². The van der Waals surface area contributed by atoms with Gasteiger partial charge in [-0.15, -0.1) is 0 Å². The number of aliphatic hydroxyl groups is 1. The molecule has 1 saturated carbocycles. The van der Waals surface area contributed by atoms with Crippen molar-refractivity contribution in [3.05, 3.63) is 35.6 Å². The van der Waals surface area contributed by atoms with Crippen molar-refractivity contribution in [1.29, 1.82) is 0 Å². The lowest BCUT2D eigenvalue weighted by Crippen LogP contribution is -2.34. The number of benzene rings is 1. The van der Waals surface area contributed by atoms with E-state index in [9.17, 15) is 9.50 Å². The van der Waals surface area contributed by atoms with Crippen molar-refractivity contribution in [1.82, 2.24) is 4.90 Å². The molecule has 1 aliphatic carbocycles. The van der Waals surface area contributed by atoms with Crippen LogP contribution < -0.4 is 0 Å². The van der Waals surface area contributed by atoms with Crippen LogP contribution in [0.1, 0.15) is 44.8 Å². The Kier molecular flexibility index (Phi) is 4.94. The van der Waals surface area contributed by atoms with Crippen molar-refractivity contribution >= 4 is 0 Å². The number of nitrogens with zero attached hydrogens (tertiary/aromatic N) is 1. The van der Waals surface area contributed by atoms with Crippen LogP contribution in [-0.4, -0.2) is 29.1 Å². The van der Waals surface area contributed by atoms with Crippen LogP contribution in [0.3, 0.4) is 0 Å². The van der Waals surface area contributed by atoms with Crippen LogP contribution in [0.4, 0.5) is 4.39 Å². The van der Waals surface area contributed by atoms with Gasteiger partial charge in [-0.2, -0.15) is 0 Å². The topological polar surface area (TPSA) is 23.5 Å². The van der Waals surface area contributed by atoms with Crippen molar-refractivity contribution in [2.24, 2.45) is 5.92 Å². The van der Waals surface area contributed by atoms with Crippen LogP contribution in [0.5, 0.6) is 0 Å². The predicted molar refractivity (Wildman–Crippen MR) is 75.4 cm³/mol. The van der Waals surface area contributed by atoms with Gasteiger partial charge in [-0.3, -0.25) is 0 Å². The number of hydrogen-bond donors (Lipinski definition) is 1. The summed E-state index contributed by atoms with van der Waals surface area (Å²) in [5.74, 6) is 0.573. The normalized spacial score (nSPS) is 17.2. The Hall–Kier alpha value is -0.930. The molecule has 0 radical (unpaired) electrons. The first-order chi connectivity index (χ1) is 9.06. The Labute approximate surface area is 115 Å². The molecule has 0 saturated heterocycles.